The maximum Gasteiger partial charge on any atom is 0.191 e. The van der Waals surface area contributed by atoms with Crippen LogP contribution >= 0.6 is 35.3 Å². The third-order valence-electron chi connectivity index (χ3n) is 3.94. The molecule has 1 aromatic carbocycles. The van der Waals surface area contributed by atoms with Crippen LogP contribution in [0.15, 0.2) is 28.6 Å². The molecule has 0 bridgehead atoms. The van der Waals surface area contributed by atoms with Gasteiger partial charge in [-0.2, -0.15) is 0 Å². The summed E-state index contributed by atoms with van der Waals surface area (Å²) in [7, 11) is 3.44. The van der Waals surface area contributed by atoms with E-state index in [-0.39, 0.29) is 24.0 Å². The number of methoxy groups -OCH3 is 1. The molecule has 0 aliphatic rings. The number of benzene rings is 1. The lowest BCUT2D eigenvalue weighted by Gasteiger charge is -2.15. The van der Waals surface area contributed by atoms with Crippen molar-refractivity contribution in [2.45, 2.75) is 39.8 Å². The van der Waals surface area contributed by atoms with Crippen molar-refractivity contribution in [1.82, 2.24) is 15.6 Å². The fourth-order valence-corrected chi connectivity index (χ4v) is 3.25. The summed E-state index contributed by atoms with van der Waals surface area (Å²) in [5.74, 6) is 2.06. The maximum atomic E-state index is 5.84. The van der Waals surface area contributed by atoms with Crippen LogP contribution in [0.3, 0.4) is 0 Å². The lowest BCUT2D eigenvalue weighted by atomic mass is 10.1. The van der Waals surface area contributed by atoms with Gasteiger partial charge in [0.05, 0.1) is 23.9 Å². The number of nitrogens with zero attached hydrogens (tertiary/aromatic N) is 2. The van der Waals surface area contributed by atoms with Crippen LogP contribution in [0.25, 0.3) is 0 Å². The Bertz CT molecular complexity index is 750. The minimum Gasteiger partial charge on any atom is -0.491 e. The van der Waals surface area contributed by atoms with Gasteiger partial charge in [0.15, 0.2) is 5.96 Å². The second kappa shape index (κ2) is 12.9. The molecule has 0 unspecified atom stereocenters. The predicted molar refractivity (Wildman–Crippen MR) is 127 cm³/mol. The third kappa shape index (κ3) is 7.92. The van der Waals surface area contributed by atoms with E-state index in [4.69, 9.17) is 9.47 Å². The largest absolute Gasteiger partial charge is 0.491 e. The van der Waals surface area contributed by atoms with Gasteiger partial charge in [-0.3, -0.25) is 4.99 Å². The molecule has 0 spiro atoms. The molecule has 2 rings (SSSR count). The molecule has 0 aliphatic heterocycles. The average molecular weight is 518 g/mol. The molecule has 0 saturated carbocycles. The Morgan fingerprint density at radius 1 is 1.21 bits per heavy atom. The van der Waals surface area contributed by atoms with Crippen LogP contribution < -0.4 is 15.4 Å². The molecule has 0 saturated heterocycles. The highest BCUT2D eigenvalue weighted by molar-refractivity contribution is 14.0. The molecule has 0 atom stereocenters. The number of ether oxygens (including phenoxy) is 2. The lowest BCUT2D eigenvalue weighted by molar-refractivity contribution is 0.145. The van der Waals surface area contributed by atoms with E-state index in [0.29, 0.717) is 32.2 Å². The van der Waals surface area contributed by atoms with E-state index in [1.54, 1.807) is 25.5 Å². The lowest BCUT2D eigenvalue weighted by Crippen LogP contribution is -2.36. The van der Waals surface area contributed by atoms with Gasteiger partial charge < -0.3 is 20.1 Å². The number of nitrogens with one attached hydrogen (secondary N) is 2. The maximum absolute atomic E-state index is 5.84. The first-order valence-electron chi connectivity index (χ1n) is 9.13. The Labute approximate surface area is 189 Å². The number of aryl methyl sites for hydroxylation is 1. The van der Waals surface area contributed by atoms with Crippen LogP contribution in [-0.4, -0.2) is 38.3 Å². The van der Waals surface area contributed by atoms with Crippen LogP contribution in [0.2, 0.25) is 0 Å². The van der Waals surface area contributed by atoms with Gasteiger partial charge in [-0.1, -0.05) is 26.0 Å². The van der Waals surface area contributed by atoms with E-state index in [9.17, 15) is 0 Å². The van der Waals surface area contributed by atoms with Crippen molar-refractivity contribution in [3.8, 4) is 5.75 Å². The number of guanidine groups is 1. The van der Waals surface area contributed by atoms with Crippen molar-refractivity contribution in [2.75, 3.05) is 27.4 Å². The smallest absolute Gasteiger partial charge is 0.191 e. The molecule has 2 N–H and O–H groups in total. The highest BCUT2D eigenvalue weighted by atomic mass is 127. The van der Waals surface area contributed by atoms with Gasteiger partial charge in [0.1, 0.15) is 12.4 Å². The number of hydrogen-bond acceptors (Lipinski definition) is 5. The van der Waals surface area contributed by atoms with E-state index in [2.05, 4.69) is 58.9 Å². The summed E-state index contributed by atoms with van der Waals surface area (Å²) in [4.78, 5) is 8.93. The molecule has 0 radical (unpaired) electrons. The highest BCUT2D eigenvalue weighted by Crippen LogP contribution is 2.21. The summed E-state index contributed by atoms with van der Waals surface area (Å²) in [5.41, 5.74) is 3.28. The van der Waals surface area contributed by atoms with Crippen LogP contribution in [0.5, 0.6) is 5.75 Å². The van der Waals surface area contributed by atoms with Gasteiger partial charge in [-0.05, 0) is 18.6 Å². The minimum atomic E-state index is 0. The normalized spacial score (nSPS) is 11.3. The highest BCUT2D eigenvalue weighted by Gasteiger charge is 2.08. The quantitative estimate of drug-likeness (QED) is 0.227. The molecule has 0 aliphatic carbocycles. The molecule has 6 nitrogen and oxygen atoms in total. The Morgan fingerprint density at radius 2 is 1.96 bits per heavy atom. The molecular formula is C20H31IN4O2S. The van der Waals surface area contributed by atoms with Gasteiger partial charge in [-0.15, -0.1) is 35.3 Å². The van der Waals surface area contributed by atoms with Crippen LogP contribution in [0.4, 0.5) is 0 Å². The molecule has 1 aromatic heterocycles. The Morgan fingerprint density at radius 3 is 2.61 bits per heavy atom. The van der Waals surface area contributed by atoms with E-state index in [1.807, 2.05) is 6.07 Å². The summed E-state index contributed by atoms with van der Waals surface area (Å²) in [6.45, 7) is 8.73. The Hall–Kier alpha value is -1.39. The first-order chi connectivity index (χ1) is 13.0. The Balaban J connectivity index is 0.00000392. The first kappa shape index (κ1) is 24.6. The van der Waals surface area contributed by atoms with Crippen LogP contribution in [0.1, 0.15) is 41.6 Å². The van der Waals surface area contributed by atoms with Gasteiger partial charge in [0.25, 0.3) is 0 Å². The van der Waals surface area contributed by atoms with Crippen molar-refractivity contribution in [1.29, 1.82) is 0 Å². The summed E-state index contributed by atoms with van der Waals surface area (Å²) in [6.07, 6.45) is 0. The number of halogens is 1. The molecule has 0 fully saturated rings. The summed E-state index contributed by atoms with van der Waals surface area (Å²) in [6, 6.07) is 6.21. The fraction of sp³-hybridized carbons (Fsp3) is 0.500. The van der Waals surface area contributed by atoms with Crippen molar-refractivity contribution in [2.24, 2.45) is 4.99 Å². The van der Waals surface area contributed by atoms with Gasteiger partial charge in [0.2, 0.25) is 0 Å². The molecule has 28 heavy (non-hydrogen) atoms. The average Bonchev–Trinajstić information content (AvgIpc) is 3.13. The second-order valence-corrected chi connectivity index (χ2v) is 7.45. The summed E-state index contributed by atoms with van der Waals surface area (Å²) >= 11 is 1.70. The van der Waals surface area contributed by atoms with Gasteiger partial charge in [0, 0.05) is 37.6 Å². The Kier molecular flexibility index (Phi) is 11.4. The van der Waals surface area contributed by atoms with E-state index in [1.165, 1.54) is 0 Å². The monoisotopic (exact) mass is 518 g/mol. The molecule has 8 heteroatoms. The van der Waals surface area contributed by atoms with E-state index < -0.39 is 0 Å². The summed E-state index contributed by atoms with van der Waals surface area (Å²) < 4.78 is 10.9. The topological polar surface area (TPSA) is 67.8 Å². The second-order valence-electron chi connectivity index (χ2n) is 6.56. The van der Waals surface area contributed by atoms with Crippen molar-refractivity contribution < 1.29 is 9.47 Å². The predicted octanol–water partition coefficient (Wildman–Crippen LogP) is 4.08. The van der Waals surface area contributed by atoms with Crippen molar-refractivity contribution >= 4 is 41.3 Å². The SMILES string of the molecule is CN=C(NCc1csc(C(C)C)n1)NCc1ccc(C)cc1OCCOC.I. The summed E-state index contributed by atoms with van der Waals surface area (Å²) in [5, 5.41) is 9.91. The number of thiazole rings is 1. The van der Waals surface area contributed by atoms with Crippen LogP contribution in [0, 0.1) is 6.92 Å². The number of rotatable bonds is 9. The molecule has 1 heterocycles. The minimum absolute atomic E-state index is 0. The van der Waals surface area contributed by atoms with Crippen LogP contribution in [-0.2, 0) is 17.8 Å². The van der Waals surface area contributed by atoms with Crippen molar-refractivity contribution in [3.05, 3.63) is 45.4 Å². The molecule has 156 valence electrons. The zero-order chi connectivity index (χ0) is 19.6. The van der Waals surface area contributed by atoms with Gasteiger partial charge in [-0.25, -0.2) is 4.98 Å². The number of hydrogen-bond donors (Lipinski definition) is 2. The number of aliphatic imine (C=N–C) groups is 1. The zero-order valence-electron chi connectivity index (χ0n) is 17.2. The standard InChI is InChI=1S/C20H30N4O2S.HI/c1-14(2)19-24-17(13-27-19)12-23-20(21-4)22-11-16-7-6-15(3)10-18(16)26-9-8-25-5;/h6-7,10,13-14H,8-9,11-12H2,1-5H3,(H2,21,22,23);1H. The number of aromatic nitrogens is 1. The molecular weight excluding hydrogens is 487 g/mol. The van der Waals surface area contributed by atoms with Crippen molar-refractivity contribution in [3.63, 3.8) is 0 Å². The van der Waals surface area contributed by atoms with E-state index in [0.717, 1.165) is 33.5 Å². The molecule has 0 amide bonds. The van der Waals surface area contributed by atoms with E-state index >= 15 is 0 Å². The fourth-order valence-electron chi connectivity index (χ4n) is 2.42. The zero-order valence-corrected chi connectivity index (χ0v) is 20.4. The first-order valence-corrected chi connectivity index (χ1v) is 10.0. The third-order valence-corrected chi connectivity index (χ3v) is 5.13. The van der Waals surface area contributed by atoms with Gasteiger partial charge >= 0.3 is 0 Å². The molecule has 2 aromatic rings.